The van der Waals surface area contributed by atoms with E-state index in [1.165, 1.54) is 24.3 Å². The van der Waals surface area contributed by atoms with Crippen molar-refractivity contribution in [2.75, 3.05) is 10.2 Å². The van der Waals surface area contributed by atoms with Gasteiger partial charge in [0.15, 0.2) is 0 Å². The van der Waals surface area contributed by atoms with Crippen LogP contribution >= 0.6 is 11.6 Å². The minimum absolute atomic E-state index is 0.00449. The summed E-state index contributed by atoms with van der Waals surface area (Å²) in [5.41, 5.74) is 1.98. The van der Waals surface area contributed by atoms with Gasteiger partial charge in [0, 0.05) is 5.69 Å². The normalized spacial score (nSPS) is 14.7. The zero-order valence-corrected chi connectivity index (χ0v) is 12.9. The first-order chi connectivity index (χ1) is 11.0. The van der Waals surface area contributed by atoms with Crippen LogP contribution in [0.1, 0.15) is 5.56 Å². The number of carbonyl (C=O) groups excluding carboxylic acids is 2. The maximum atomic E-state index is 13.0. The summed E-state index contributed by atoms with van der Waals surface area (Å²) in [6.45, 7) is 1.94. The van der Waals surface area contributed by atoms with Gasteiger partial charge < -0.3 is 5.32 Å². The lowest BCUT2D eigenvalue weighted by Gasteiger charge is -2.15. The Labute approximate surface area is 137 Å². The van der Waals surface area contributed by atoms with Crippen molar-refractivity contribution in [3.63, 3.8) is 0 Å². The van der Waals surface area contributed by atoms with E-state index in [2.05, 4.69) is 5.32 Å². The number of anilines is 2. The highest BCUT2D eigenvalue weighted by Crippen LogP contribution is 2.30. The summed E-state index contributed by atoms with van der Waals surface area (Å²) in [5.74, 6) is -1.67. The highest BCUT2D eigenvalue weighted by atomic mass is 35.5. The molecule has 3 rings (SSSR count). The van der Waals surface area contributed by atoms with Crippen molar-refractivity contribution in [1.29, 1.82) is 0 Å². The second-order valence-corrected chi connectivity index (χ2v) is 5.48. The van der Waals surface area contributed by atoms with Crippen molar-refractivity contribution < 1.29 is 14.0 Å². The third-order valence-corrected chi connectivity index (χ3v) is 3.78. The van der Waals surface area contributed by atoms with E-state index in [1.54, 1.807) is 12.1 Å². The lowest BCUT2D eigenvalue weighted by atomic mass is 10.2. The van der Waals surface area contributed by atoms with E-state index >= 15 is 0 Å². The molecule has 2 amide bonds. The van der Waals surface area contributed by atoms with Crippen molar-refractivity contribution in [3.8, 4) is 0 Å². The zero-order chi connectivity index (χ0) is 16.6. The fraction of sp³-hybridized carbons (Fsp3) is 0.0588. The summed E-state index contributed by atoms with van der Waals surface area (Å²) in [6.07, 6.45) is 0. The molecule has 0 spiro atoms. The van der Waals surface area contributed by atoms with Gasteiger partial charge in [-0.25, -0.2) is 9.29 Å². The summed E-state index contributed by atoms with van der Waals surface area (Å²) in [4.78, 5) is 25.6. The largest absolute Gasteiger partial charge is 0.350 e. The van der Waals surface area contributed by atoms with Gasteiger partial charge >= 0.3 is 0 Å². The van der Waals surface area contributed by atoms with Gasteiger partial charge in [-0.3, -0.25) is 9.59 Å². The summed E-state index contributed by atoms with van der Waals surface area (Å²) >= 11 is 6.01. The molecule has 0 radical (unpaired) electrons. The first-order valence-electron chi connectivity index (χ1n) is 6.85. The Hall–Kier alpha value is -2.66. The van der Waals surface area contributed by atoms with Crippen LogP contribution < -0.4 is 10.2 Å². The fourth-order valence-electron chi connectivity index (χ4n) is 2.22. The van der Waals surface area contributed by atoms with Crippen LogP contribution in [0.4, 0.5) is 15.8 Å². The average molecular weight is 331 g/mol. The highest BCUT2D eigenvalue weighted by molar-refractivity contribution is 6.53. The predicted octanol–water partition coefficient (Wildman–Crippen LogP) is 3.57. The number of benzene rings is 2. The number of halogens is 2. The molecule has 23 heavy (non-hydrogen) atoms. The molecular formula is C17H12ClFN2O2. The van der Waals surface area contributed by atoms with Crippen LogP contribution in [0.5, 0.6) is 0 Å². The van der Waals surface area contributed by atoms with E-state index in [0.29, 0.717) is 5.69 Å². The Morgan fingerprint density at radius 3 is 2.17 bits per heavy atom. The van der Waals surface area contributed by atoms with Gasteiger partial charge in [0.05, 0.1) is 5.69 Å². The number of imide groups is 1. The van der Waals surface area contributed by atoms with Crippen LogP contribution in [0.15, 0.2) is 59.3 Å². The van der Waals surface area contributed by atoms with Crippen molar-refractivity contribution in [3.05, 3.63) is 70.6 Å². The molecule has 0 saturated carbocycles. The van der Waals surface area contributed by atoms with Gasteiger partial charge in [-0.05, 0) is 43.3 Å². The van der Waals surface area contributed by atoms with Crippen LogP contribution in [0, 0.1) is 12.7 Å². The number of hydrogen-bond acceptors (Lipinski definition) is 3. The van der Waals surface area contributed by atoms with Crippen LogP contribution in [-0.4, -0.2) is 11.8 Å². The van der Waals surface area contributed by atoms with Crippen LogP contribution in [-0.2, 0) is 9.59 Å². The number of nitrogens with zero attached hydrogens (tertiary/aromatic N) is 1. The summed E-state index contributed by atoms with van der Waals surface area (Å²) in [7, 11) is 0. The number of carbonyl (C=O) groups is 2. The van der Waals surface area contributed by atoms with Crippen LogP contribution in [0.3, 0.4) is 0 Å². The molecule has 2 aromatic carbocycles. The van der Waals surface area contributed by atoms with Crippen molar-refractivity contribution >= 4 is 34.8 Å². The highest BCUT2D eigenvalue weighted by Gasteiger charge is 2.38. The topological polar surface area (TPSA) is 49.4 Å². The molecule has 0 aliphatic carbocycles. The van der Waals surface area contributed by atoms with E-state index in [4.69, 9.17) is 11.6 Å². The van der Waals surface area contributed by atoms with E-state index in [1.807, 2.05) is 19.1 Å². The van der Waals surface area contributed by atoms with Crippen molar-refractivity contribution in [2.24, 2.45) is 0 Å². The van der Waals surface area contributed by atoms with Crippen LogP contribution in [0.2, 0.25) is 0 Å². The Morgan fingerprint density at radius 1 is 0.957 bits per heavy atom. The second-order valence-electron chi connectivity index (χ2n) is 5.10. The summed E-state index contributed by atoms with van der Waals surface area (Å²) in [5, 5.41) is 2.68. The van der Waals surface area contributed by atoms with E-state index in [9.17, 15) is 14.0 Å². The molecule has 0 atom stereocenters. The van der Waals surface area contributed by atoms with Gasteiger partial charge in [0.25, 0.3) is 11.8 Å². The third-order valence-electron chi connectivity index (χ3n) is 3.43. The predicted molar refractivity (Wildman–Crippen MR) is 86.6 cm³/mol. The minimum atomic E-state index is -0.641. The molecule has 1 aliphatic rings. The zero-order valence-electron chi connectivity index (χ0n) is 12.1. The Balaban J connectivity index is 1.90. The molecule has 116 valence electrons. The number of aryl methyl sites for hydroxylation is 1. The second kappa shape index (κ2) is 5.85. The van der Waals surface area contributed by atoms with Gasteiger partial charge in [-0.2, -0.15) is 0 Å². The van der Waals surface area contributed by atoms with Gasteiger partial charge in [-0.1, -0.05) is 29.3 Å². The molecule has 1 aliphatic heterocycles. The number of amides is 2. The first kappa shape index (κ1) is 15.2. The molecule has 1 N–H and O–H groups in total. The quantitative estimate of drug-likeness (QED) is 0.875. The van der Waals surface area contributed by atoms with Gasteiger partial charge in [-0.15, -0.1) is 0 Å². The SMILES string of the molecule is Cc1ccc(NC2=C(Cl)C(=O)N(c3ccc(F)cc3)C2=O)cc1. The lowest BCUT2D eigenvalue weighted by molar-refractivity contribution is -0.120. The summed E-state index contributed by atoms with van der Waals surface area (Å²) < 4.78 is 13.0. The molecular weight excluding hydrogens is 319 g/mol. The molecule has 6 heteroatoms. The molecule has 4 nitrogen and oxygen atoms in total. The Morgan fingerprint density at radius 2 is 1.57 bits per heavy atom. The molecule has 0 saturated heterocycles. The van der Waals surface area contributed by atoms with Crippen LogP contribution in [0.25, 0.3) is 0 Å². The fourth-order valence-corrected chi connectivity index (χ4v) is 2.43. The maximum Gasteiger partial charge on any atom is 0.283 e. The average Bonchev–Trinajstić information content (AvgIpc) is 2.74. The maximum absolute atomic E-state index is 13.0. The van der Waals surface area contributed by atoms with E-state index in [0.717, 1.165) is 10.5 Å². The number of hydrogen-bond donors (Lipinski definition) is 1. The van der Waals surface area contributed by atoms with Crippen molar-refractivity contribution in [1.82, 2.24) is 0 Å². The smallest absolute Gasteiger partial charge is 0.283 e. The Kier molecular flexibility index (Phi) is 3.88. The molecule has 1 heterocycles. The van der Waals surface area contributed by atoms with E-state index in [-0.39, 0.29) is 16.4 Å². The van der Waals surface area contributed by atoms with Crippen molar-refractivity contribution in [2.45, 2.75) is 6.92 Å². The molecule has 0 unspecified atom stereocenters. The van der Waals surface area contributed by atoms with Gasteiger partial charge in [0.2, 0.25) is 0 Å². The van der Waals surface area contributed by atoms with E-state index < -0.39 is 17.6 Å². The van der Waals surface area contributed by atoms with Gasteiger partial charge in [0.1, 0.15) is 16.5 Å². The Bertz CT molecular complexity index is 813. The monoisotopic (exact) mass is 330 g/mol. The molecule has 2 aromatic rings. The first-order valence-corrected chi connectivity index (χ1v) is 7.23. The minimum Gasteiger partial charge on any atom is -0.350 e. The lowest BCUT2D eigenvalue weighted by Crippen LogP contribution is -2.32. The number of nitrogens with one attached hydrogen (secondary N) is 1. The standard InChI is InChI=1S/C17H12ClFN2O2/c1-10-2-6-12(7-3-10)20-15-14(18)16(22)21(17(15)23)13-8-4-11(19)5-9-13/h2-9,20H,1H3. The molecule has 0 fully saturated rings. The third kappa shape index (κ3) is 2.83. The number of rotatable bonds is 3. The summed E-state index contributed by atoms with van der Waals surface area (Å²) in [6, 6.07) is 12.4. The molecule has 0 bridgehead atoms. The molecule has 0 aromatic heterocycles.